The van der Waals surface area contributed by atoms with Gasteiger partial charge in [-0.25, -0.2) is 23.3 Å². The molecule has 11 heteroatoms. The summed E-state index contributed by atoms with van der Waals surface area (Å²) in [4.78, 5) is 28.9. The van der Waals surface area contributed by atoms with Crippen LogP contribution in [0.25, 0.3) is 22.0 Å². The number of nitrogens with one attached hydrogen (secondary N) is 1. The van der Waals surface area contributed by atoms with Crippen LogP contribution in [0.1, 0.15) is 13.3 Å². The summed E-state index contributed by atoms with van der Waals surface area (Å²) in [7, 11) is -2.40. The second-order valence-corrected chi connectivity index (χ2v) is 9.93. The maximum atomic E-state index is 15.1. The standard InChI is InChI=1S/C21H22FN3O6S/c1-21(20(27)24-28,32(3,29)30)10-11-25-12-23-18-16(19(25)26)9-8-15(17(18)22)13-4-6-14(31-2)7-5-13/h4-9,12,28H,10-11H2,1-3H3,(H,24,27). The number of hydrogen-bond acceptors (Lipinski definition) is 7. The molecule has 0 bridgehead atoms. The van der Waals surface area contributed by atoms with E-state index in [-0.39, 0.29) is 29.4 Å². The van der Waals surface area contributed by atoms with E-state index in [1.807, 2.05) is 0 Å². The van der Waals surface area contributed by atoms with Crippen molar-refractivity contribution in [1.29, 1.82) is 0 Å². The molecule has 1 unspecified atom stereocenters. The van der Waals surface area contributed by atoms with Gasteiger partial charge in [-0.15, -0.1) is 0 Å². The van der Waals surface area contributed by atoms with E-state index in [1.165, 1.54) is 24.7 Å². The zero-order chi connectivity index (χ0) is 23.7. The lowest BCUT2D eigenvalue weighted by molar-refractivity contribution is -0.131. The van der Waals surface area contributed by atoms with Crippen LogP contribution in [0.5, 0.6) is 5.75 Å². The summed E-state index contributed by atoms with van der Waals surface area (Å²) in [6, 6.07) is 9.65. The van der Waals surface area contributed by atoms with Crippen molar-refractivity contribution in [3.8, 4) is 16.9 Å². The number of ether oxygens (including phenoxy) is 1. The molecule has 0 fully saturated rings. The van der Waals surface area contributed by atoms with Gasteiger partial charge in [0.25, 0.3) is 11.5 Å². The lowest BCUT2D eigenvalue weighted by atomic mass is 10.0. The van der Waals surface area contributed by atoms with Gasteiger partial charge in [0.2, 0.25) is 0 Å². The lowest BCUT2D eigenvalue weighted by Gasteiger charge is -2.25. The number of amides is 1. The highest BCUT2D eigenvalue weighted by Crippen LogP contribution is 2.28. The molecule has 3 rings (SSSR count). The highest BCUT2D eigenvalue weighted by Gasteiger charge is 2.43. The predicted molar refractivity (Wildman–Crippen MR) is 116 cm³/mol. The zero-order valence-corrected chi connectivity index (χ0v) is 18.4. The van der Waals surface area contributed by atoms with Gasteiger partial charge in [0, 0.05) is 18.4 Å². The van der Waals surface area contributed by atoms with E-state index in [0.717, 1.165) is 24.1 Å². The van der Waals surface area contributed by atoms with E-state index in [9.17, 15) is 18.0 Å². The maximum absolute atomic E-state index is 15.1. The quantitative estimate of drug-likeness (QED) is 0.405. The minimum absolute atomic E-state index is 0.00919. The molecule has 1 aromatic heterocycles. The predicted octanol–water partition coefficient (Wildman–Crippen LogP) is 1.91. The second kappa shape index (κ2) is 8.67. The van der Waals surface area contributed by atoms with Crippen molar-refractivity contribution in [1.82, 2.24) is 15.0 Å². The first kappa shape index (κ1) is 23.4. The molecular weight excluding hydrogens is 441 g/mol. The van der Waals surface area contributed by atoms with Crippen LogP contribution in [-0.2, 0) is 21.2 Å². The van der Waals surface area contributed by atoms with Crippen molar-refractivity contribution >= 4 is 26.6 Å². The van der Waals surface area contributed by atoms with Gasteiger partial charge >= 0.3 is 0 Å². The van der Waals surface area contributed by atoms with Crippen LogP contribution >= 0.6 is 0 Å². The van der Waals surface area contributed by atoms with E-state index in [4.69, 9.17) is 9.94 Å². The molecule has 0 radical (unpaired) electrons. The number of halogens is 1. The average Bonchev–Trinajstić information content (AvgIpc) is 2.77. The Labute approximate surface area is 183 Å². The number of nitrogens with zero attached hydrogens (tertiary/aromatic N) is 2. The fraction of sp³-hybridized carbons (Fsp3) is 0.286. The molecule has 32 heavy (non-hydrogen) atoms. The number of sulfone groups is 1. The molecule has 2 N–H and O–H groups in total. The number of carbonyl (C=O) groups excluding carboxylic acids is 1. The molecule has 170 valence electrons. The van der Waals surface area contributed by atoms with Crippen molar-refractivity contribution < 1.29 is 27.5 Å². The summed E-state index contributed by atoms with van der Waals surface area (Å²) in [5.41, 5.74) is 1.47. The molecule has 1 amide bonds. The molecule has 0 aliphatic carbocycles. The summed E-state index contributed by atoms with van der Waals surface area (Å²) >= 11 is 0. The van der Waals surface area contributed by atoms with Crippen LogP contribution in [0.15, 0.2) is 47.5 Å². The Balaban J connectivity index is 1.99. The van der Waals surface area contributed by atoms with E-state index in [1.54, 1.807) is 24.3 Å². The van der Waals surface area contributed by atoms with Gasteiger partial charge in [-0.2, -0.15) is 0 Å². The van der Waals surface area contributed by atoms with Gasteiger partial charge in [0.15, 0.2) is 20.4 Å². The summed E-state index contributed by atoms with van der Waals surface area (Å²) in [6.07, 6.45) is 1.66. The Morgan fingerprint density at radius 3 is 2.47 bits per heavy atom. The van der Waals surface area contributed by atoms with Crippen LogP contribution in [0, 0.1) is 5.82 Å². The number of carbonyl (C=O) groups is 1. The molecular formula is C21H22FN3O6S. The Morgan fingerprint density at radius 1 is 1.25 bits per heavy atom. The molecule has 2 aromatic carbocycles. The average molecular weight is 463 g/mol. The van der Waals surface area contributed by atoms with E-state index in [2.05, 4.69) is 4.98 Å². The molecule has 0 spiro atoms. The van der Waals surface area contributed by atoms with E-state index < -0.39 is 31.9 Å². The second-order valence-electron chi connectivity index (χ2n) is 7.49. The van der Waals surface area contributed by atoms with Gasteiger partial charge in [0.1, 0.15) is 11.3 Å². The van der Waals surface area contributed by atoms with Gasteiger partial charge in [-0.3, -0.25) is 19.4 Å². The Hall–Kier alpha value is -3.31. The van der Waals surface area contributed by atoms with Crippen LogP contribution < -0.4 is 15.8 Å². The number of fused-ring (bicyclic) bond motifs is 1. The summed E-state index contributed by atoms with van der Waals surface area (Å²) in [5.74, 6) is -1.17. The third-order valence-electron chi connectivity index (χ3n) is 5.56. The molecule has 1 atom stereocenters. The third-order valence-corrected chi connectivity index (χ3v) is 7.59. The highest BCUT2D eigenvalue weighted by atomic mass is 32.2. The Morgan fingerprint density at radius 2 is 1.91 bits per heavy atom. The lowest BCUT2D eigenvalue weighted by Crippen LogP contribution is -2.50. The van der Waals surface area contributed by atoms with Crippen LogP contribution in [0.4, 0.5) is 4.39 Å². The normalized spacial score (nSPS) is 13.5. The largest absolute Gasteiger partial charge is 0.497 e. The molecule has 0 saturated heterocycles. The smallest absolute Gasteiger partial charge is 0.264 e. The van der Waals surface area contributed by atoms with E-state index in [0.29, 0.717) is 11.3 Å². The number of aromatic nitrogens is 2. The van der Waals surface area contributed by atoms with Crippen molar-refractivity contribution in [2.24, 2.45) is 0 Å². The first-order chi connectivity index (χ1) is 15.0. The van der Waals surface area contributed by atoms with Crippen LogP contribution in [0.2, 0.25) is 0 Å². The molecule has 3 aromatic rings. The first-order valence-corrected chi connectivity index (χ1v) is 11.4. The number of methoxy groups -OCH3 is 1. The molecule has 1 heterocycles. The molecule has 0 saturated carbocycles. The fourth-order valence-corrected chi connectivity index (χ4v) is 4.11. The number of benzene rings is 2. The zero-order valence-electron chi connectivity index (χ0n) is 17.6. The SMILES string of the molecule is COc1ccc(-c2ccc3c(=O)n(CCC(C)(C(=O)NO)S(C)(=O)=O)cnc3c2F)cc1. The van der Waals surface area contributed by atoms with Crippen molar-refractivity contribution in [2.75, 3.05) is 13.4 Å². The Bertz CT molecular complexity index is 1340. The monoisotopic (exact) mass is 463 g/mol. The van der Waals surface area contributed by atoms with E-state index >= 15 is 4.39 Å². The number of hydroxylamine groups is 1. The third kappa shape index (κ3) is 4.08. The summed E-state index contributed by atoms with van der Waals surface area (Å²) < 4.78 is 43.5. The van der Waals surface area contributed by atoms with Gasteiger partial charge in [0.05, 0.1) is 18.8 Å². The van der Waals surface area contributed by atoms with Crippen LogP contribution in [-0.4, -0.2) is 47.2 Å². The number of aryl methyl sites for hydroxylation is 1. The highest BCUT2D eigenvalue weighted by molar-refractivity contribution is 7.92. The fourth-order valence-electron chi connectivity index (χ4n) is 3.27. The first-order valence-electron chi connectivity index (χ1n) is 9.49. The van der Waals surface area contributed by atoms with Crippen molar-refractivity contribution in [3.05, 3.63) is 58.9 Å². The van der Waals surface area contributed by atoms with Gasteiger partial charge in [-0.1, -0.05) is 18.2 Å². The van der Waals surface area contributed by atoms with Crippen molar-refractivity contribution in [3.63, 3.8) is 0 Å². The summed E-state index contributed by atoms with van der Waals surface area (Å²) in [6.45, 7) is 0.953. The minimum Gasteiger partial charge on any atom is -0.497 e. The minimum atomic E-state index is -3.93. The van der Waals surface area contributed by atoms with Gasteiger partial charge < -0.3 is 4.74 Å². The maximum Gasteiger partial charge on any atom is 0.264 e. The molecule has 0 aliphatic rings. The molecule has 0 aliphatic heterocycles. The number of rotatable bonds is 7. The van der Waals surface area contributed by atoms with Crippen molar-refractivity contribution in [2.45, 2.75) is 24.6 Å². The van der Waals surface area contributed by atoms with Crippen LogP contribution in [0.3, 0.4) is 0 Å². The Kier molecular flexibility index (Phi) is 6.33. The number of hydrogen-bond donors (Lipinski definition) is 2. The summed E-state index contributed by atoms with van der Waals surface area (Å²) in [5, 5.41) is 8.92. The topological polar surface area (TPSA) is 128 Å². The molecule has 9 nitrogen and oxygen atoms in total. The van der Waals surface area contributed by atoms with Gasteiger partial charge in [-0.05, 0) is 37.1 Å².